The molecule has 2 fully saturated rings. The highest BCUT2D eigenvalue weighted by molar-refractivity contribution is 5.97. The summed E-state index contributed by atoms with van der Waals surface area (Å²) in [7, 11) is 0. The van der Waals surface area contributed by atoms with Crippen molar-refractivity contribution in [3.63, 3.8) is 0 Å². The van der Waals surface area contributed by atoms with Crippen molar-refractivity contribution >= 4 is 17.7 Å². The molecule has 0 aliphatic carbocycles. The van der Waals surface area contributed by atoms with Crippen LogP contribution in [0.1, 0.15) is 39.1 Å². The number of hydrogen-bond acceptors (Lipinski definition) is 4. The summed E-state index contributed by atoms with van der Waals surface area (Å²) < 4.78 is 5.39. The van der Waals surface area contributed by atoms with E-state index in [0.29, 0.717) is 63.4 Å². The average Bonchev–Trinajstić information content (AvgIpc) is 2.88. The minimum Gasteiger partial charge on any atom is -0.378 e. The predicted molar refractivity (Wildman–Crippen MR) is 125 cm³/mol. The van der Waals surface area contributed by atoms with Crippen molar-refractivity contribution in [3.05, 3.63) is 71.3 Å². The fourth-order valence-electron chi connectivity index (χ4n) is 4.49. The van der Waals surface area contributed by atoms with Crippen molar-refractivity contribution in [1.82, 2.24) is 15.1 Å². The Balaban J connectivity index is 1.45. The maximum Gasteiger partial charge on any atom is 0.253 e. The molecule has 33 heavy (non-hydrogen) atoms. The van der Waals surface area contributed by atoms with Crippen LogP contribution in [0.4, 0.5) is 0 Å². The predicted octanol–water partition coefficient (Wildman–Crippen LogP) is 2.50. The van der Waals surface area contributed by atoms with Gasteiger partial charge in [-0.05, 0) is 49.9 Å². The van der Waals surface area contributed by atoms with Gasteiger partial charge in [0.25, 0.3) is 11.8 Å². The first-order chi connectivity index (χ1) is 16.0. The van der Waals surface area contributed by atoms with Crippen LogP contribution in [0, 0.1) is 12.8 Å². The Morgan fingerprint density at radius 3 is 2.12 bits per heavy atom. The Labute approximate surface area is 194 Å². The summed E-state index contributed by atoms with van der Waals surface area (Å²) in [5, 5.41) is 3.01. The second kappa shape index (κ2) is 10.6. The molecule has 2 aromatic carbocycles. The highest BCUT2D eigenvalue weighted by Gasteiger charge is 2.36. The molecule has 7 heteroatoms. The lowest BCUT2D eigenvalue weighted by atomic mass is 9.87. The van der Waals surface area contributed by atoms with Gasteiger partial charge in [-0.3, -0.25) is 14.4 Å². The van der Waals surface area contributed by atoms with Crippen LogP contribution in [0.5, 0.6) is 0 Å². The van der Waals surface area contributed by atoms with E-state index < -0.39 is 6.04 Å². The number of nitrogens with one attached hydrogen (secondary N) is 1. The van der Waals surface area contributed by atoms with Crippen LogP contribution in [0.2, 0.25) is 0 Å². The molecule has 2 aliphatic rings. The van der Waals surface area contributed by atoms with E-state index in [-0.39, 0.29) is 23.6 Å². The number of amides is 3. The molecule has 4 rings (SSSR count). The zero-order chi connectivity index (χ0) is 23.2. The minimum absolute atomic E-state index is 0.0119. The number of ether oxygens (including phenoxy) is 1. The van der Waals surface area contributed by atoms with Crippen LogP contribution in [0.15, 0.2) is 54.6 Å². The first kappa shape index (κ1) is 23.0. The van der Waals surface area contributed by atoms with Crippen LogP contribution in [0.3, 0.4) is 0 Å². The Morgan fingerprint density at radius 2 is 1.48 bits per heavy atom. The molecule has 0 saturated carbocycles. The van der Waals surface area contributed by atoms with Gasteiger partial charge in [0.05, 0.1) is 13.2 Å². The zero-order valence-electron chi connectivity index (χ0n) is 19.0. The van der Waals surface area contributed by atoms with Crippen molar-refractivity contribution < 1.29 is 19.1 Å². The molecule has 0 radical (unpaired) electrons. The molecule has 1 atom stereocenters. The van der Waals surface area contributed by atoms with Crippen molar-refractivity contribution in [2.24, 2.45) is 5.92 Å². The molecular weight excluding hydrogens is 418 g/mol. The Bertz CT molecular complexity index is 963. The molecular formula is C26H31N3O4. The third-order valence-electron chi connectivity index (χ3n) is 6.51. The molecule has 0 bridgehead atoms. The summed E-state index contributed by atoms with van der Waals surface area (Å²) in [6, 6.07) is 15.9. The fourth-order valence-corrected chi connectivity index (χ4v) is 4.49. The number of benzene rings is 2. The summed E-state index contributed by atoms with van der Waals surface area (Å²) in [5.74, 6) is -0.334. The topological polar surface area (TPSA) is 79.0 Å². The summed E-state index contributed by atoms with van der Waals surface area (Å²) >= 11 is 0. The Kier molecular flexibility index (Phi) is 7.40. The molecule has 2 heterocycles. The summed E-state index contributed by atoms with van der Waals surface area (Å²) in [4.78, 5) is 42.8. The van der Waals surface area contributed by atoms with Gasteiger partial charge in [-0.15, -0.1) is 0 Å². The number of carbonyl (C=O) groups excluding carboxylic acids is 3. The molecule has 0 aromatic heterocycles. The quantitative estimate of drug-likeness (QED) is 0.761. The normalized spacial score (nSPS) is 18.0. The van der Waals surface area contributed by atoms with Crippen molar-refractivity contribution in [3.8, 4) is 0 Å². The molecule has 174 valence electrons. The van der Waals surface area contributed by atoms with Crippen molar-refractivity contribution in [2.45, 2.75) is 25.8 Å². The van der Waals surface area contributed by atoms with Crippen LogP contribution >= 0.6 is 0 Å². The molecule has 2 aliphatic heterocycles. The lowest BCUT2D eigenvalue weighted by Gasteiger charge is -2.38. The number of aryl methyl sites for hydroxylation is 1. The van der Waals surface area contributed by atoms with Gasteiger partial charge >= 0.3 is 0 Å². The molecule has 1 N–H and O–H groups in total. The average molecular weight is 450 g/mol. The third kappa shape index (κ3) is 5.60. The second-order valence-electron chi connectivity index (χ2n) is 8.75. The number of hydrogen-bond donors (Lipinski definition) is 1. The Hall–Kier alpha value is -3.19. The molecule has 3 amide bonds. The molecule has 1 unspecified atom stereocenters. The smallest absolute Gasteiger partial charge is 0.253 e. The van der Waals surface area contributed by atoms with Gasteiger partial charge in [-0.2, -0.15) is 0 Å². The largest absolute Gasteiger partial charge is 0.378 e. The highest BCUT2D eigenvalue weighted by atomic mass is 16.5. The van der Waals surface area contributed by atoms with Crippen LogP contribution in [0.25, 0.3) is 0 Å². The maximum atomic E-state index is 13.4. The number of rotatable bonds is 5. The van der Waals surface area contributed by atoms with E-state index in [1.54, 1.807) is 17.0 Å². The number of carbonyl (C=O) groups is 3. The first-order valence-electron chi connectivity index (χ1n) is 11.6. The van der Waals surface area contributed by atoms with Gasteiger partial charge in [-0.1, -0.05) is 35.9 Å². The van der Waals surface area contributed by atoms with Gasteiger partial charge in [0.2, 0.25) is 5.91 Å². The molecule has 2 aromatic rings. The first-order valence-corrected chi connectivity index (χ1v) is 11.6. The van der Waals surface area contributed by atoms with Crippen LogP contribution in [-0.4, -0.2) is 73.0 Å². The van der Waals surface area contributed by atoms with Gasteiger partial charge in [0.15, 0.2) is 0 Å². The standard InChI is InChI=1S/C26H31N3O4/c1-19-7-9-22(10-8-19)25(31)28-13-11-20(12-14-28)23(26(32)29-15-17-33-18-16-29)27-24(30)21-5-3-2-4-6-21/h2-10,20,23H,11-18H2,1H3,(H,27,30). The SMILES string of the molecule is Cc1ccc(C(=O)N2CCC(C(NC(=O)c3ccccc3)C(=O)N3CCOCC3)CC2)cc1. The van der Waals surface area contributed by atoms with E-state index in [4.69, 9.17) is 4.74 Å². The Morgan fingerprint density at radius 1 is 0.848 bits per heavy atom. The fraction of sp³-hybridized carbons (Fsp3) is 0.423. The van der Waals surface area contributed by atoms with Gasteiger partial charge in [-0.25, -0.2) is 0 Å². The zero-order valence-corrected chi connectivity index (χ0v) is 19.0. The highest BCUT2D eigenvalue weighted by Crippen LogP contribution is 2.24. The summed E-state index contributed by atoms with van der Waals surface area (Å²) in [6.45, 7) is 5.19. The van der Waals surface area contributed by atoms with E-state index in [1.165, 1.54) is 0 Å². The maximum absolute atomic E-state index is 13.4. The number of likely N-dealkylation sites (tertiary alicyclic amines) is 1. The number of piperidine rings is 1. The monoisotopic (exact) mass is 449 g/mol. The van der Waals surface area contributed by atoms with E-state index in [0.717, 1.165) is 5.56 Å². The minimum atomic E-state index is -0.618. The molecule has 0 spiro atoms. The lowest BCUT2D eigenvalue weighted by Crippen LogP contribution is -2.56. The van der Waals surface area contributed by atoms with Gasteiger partial charge < -0.3 is 19.9 Å². The van der Waals surface area contributed by atoms with Gasteiger partial charge in [0, 0.05) is 37.3 Å². The number of morpholine rings is 1. The van der Waals surface area contributed by atoms with Crippen LogP contribution < -0.4 is 5.32 Å². The lowest BCUT2D eigenvalue weighted by molar-refractivity contribution is -0.139. The third-order valence-corrected chi connectivity index (χ3v) is 6.51. The summed E-state index contributed by atoms with van der Waals surface area (Å²) in [5.41, 5.74) is 2.32. The second-order valence-corrected chi connectivity index (χ2v) is 8.75. The van der Waals surface area contributed by atoms with E-state index in [9.17, 15) is 14.4 Å². The van der Waals surface area contributed by atoms with Crippen molar-refractivity contribution in [1.29, 1.82) is 0 Å². The number of nitrogens with zero attached hydrogens (tertiary/aromatic N) is 2. The van der Waals surface area contributed by atoms with Crippen LogP contribution in [-0.2, 0) is 9.53 Å². The van der Waals surface area contributed by atoms with Gasteiger partial charge in [0.1, 0.15) is 6.04 Å². The molecule has 7 nitrogen and oxygen atoms in total. The van der Waals surface area contributed by atoms with E-state index >= 15 is 0 Å². The summed E-state index contributed by atoms with van der Waals surface area (Å²) in [6.07, 6.45) is 1.32. The van der Waals surface area contributed by atoms with E-state index in [1.807, 2.05) is 54.3 Å². The van der Waals surface area contributed by atoms with E-state index in [2.05, 4.69) is 5.32 Å². The van der Waals surface area contributed by atoms with Crippen molar-refractivity contribution in [2.75, 3.05) is 39.4 Å². The molecule has 2 saturated heterocycles.